The van der Waals surface area contributed by atoms with Crippen molar-refractivity contribution in [2.45, 2.75) is 25.7 Å². The van der Waals surface area contributed by atoms with E-state index in [2.05, 4.69) is 45.1 Å². The van der Waals surface area contributed by atoms with Gasteiger partial charge in [0.05, 0.1) is 18.7 Å². The molecular formula is C20H20N6O2. The zero-order chi connectivity index (χ0) is 18.7. The molecule has 8 nitrogen and oxygen atoms in total. The predicted molar refractivity (Wildman–Crippen MR) is 104 cm³/mol. The molecule has 0 amide bonds. The Morgan fingerprint density at radius 2 is 1.96 bits per heavy atom. The van der Waals surface area contributed by atoms with Crippen molar-refractivity contribution in [2.75, 3.05) is 31.2 Å². The van der Waals surface area contributed by atoms with E-state index >= 15 is 0 Å². The molecule has 2 aliphatic rings. The number of anilines is 1. The Morgan fingerprint density at radius 3 is 2.79 bits per heavy atom. The van der Waals surface area contributed by atoms with E-state index in [9.17, 15) is 0 Å². The van der Waals surface area contributed by atoms with Crippen LogP contribution in [0.25, 0.3) is 28.1 Å². The second-order valence-electron chi connectivity index (χ2n) is 7.52. The van der Waals surface area contributed by atoms with Crippen molar-refractivity contribution >= 4 is 22.4 Å². The number of hydrogen-bond donors (Lipinski definition) is 0. The van der Waals surface area contributed by atoms with Crippen molar-refractivity contribution in [1.82, 2.24) is 24.5 Å². The summed E-state index contributed by atoms with van der Waals surface area (Å²) in [6, 6.07) is 6.30. The maximum Gasteiger partial charge on any atom is 0.280 e. The highest BCUT2D eigenvalue weighted by atomic mass is 16.5. The Labute approximate surface area is 161 Å². The van der Waals surface area contributed by atoms with Gasteiger partial charge in [-0.05, 0) is 31.4 Å². The fourth-order valence-corrected chi connectivity index (χ4v) is 3.92. The van der Waals surface area contributed by atoms with Crippen molar-refractivity contribution in [2.24, 2.45) is 0 Å². The van der Waals surface area contributed by atoms with Gasteiger partial charge >= 0.3 is 0 Å². The summed E-state index contributed by atoms with van der Waals surface area (Å²) < 4.78 is 13.1. The molecule has 1 saturated heterocycles. The molecule has 3 aromatic heterocycles. The fraction of sp³-hybridized carbons (Fsp3) is 0.400. The molecule has 0 N–H and O–H groups in total. The summed E-state index contributed by atoms with van der Waals surface area (Å²) in [7, 11) is 0. The maximum absolute atomic E-state index is 5.54. The lowest BCUT2D eigenvalue weighted by Gasteiger charge is -2.29. The quantitative estimate of drug-likeness (QED) is 0.544. The first-order valence-corrected chi connectivity index (χ1v) is 9.72. The Hall–Kier alpha value is -3.00. The predicted octanol–water partition coefficient (Wildman–Crippen LogP) is 2.95. The number of fused-ring (bicyclic) bond motifs is 3. The molecule has 1 aliphatic carbocycles. The minimum atomic E-state index is 0.437. The van der Waals surface area contributed by atoms with Gasteiger partial charge in [0.2, 0.25) is 0 Å². The Morgan fingerprint density at radius 1 is 1.11 bits per heavy atom. The van der Waals surface area contributed by atoms with E-state index in [1.165, 1.54) is 5.56 Å². The molecule has 4 aromatic rings. The number of hydrogen-bond acceptors (Lipinski definition) is 7. The van der Waals surface area contributed by atoms with Gasteiger partial charge in [-0.1, -0.05) is 17.3 Å². The first kappa shape index (κ1) is 16.0. The van der Waals surface area contributed by atoms with Gasteiger partial charge in [-0.25, -0.2) is 9.97 Å². The highest BCUT2D eigenvalue weighted by molar-refractivity contribution is 5.96. The van der Waals surface area contributed by atoms with Crippen LogP contribution in [0.15, 0.2) is 29.0 Å². The first-order valence-electron chi connectivity index (χ1n) is 9.72. The Bertz CT molecular complexity index is 1190. The average molecular weight is 376 g/mol. The van der Waals surface area contributed by atoms with Crippen LogP contribution < -0.4 is 4.90 Å². The van der Waals surface area contributed by atoms with Gasteiger partial charge in [-0.2, -0.15) is 4.98 Å². The first-order chi connectivity index (χ1) is 13.8. The molecule has 0 radical (unpaired) electrons. The van der Waals surface area contributed by atoms with E-state index in [-0.39, 0.29) is 0 Å². The number of ether oxygens (including phenoxy) is 1. The zero-order valence-corrected chi connectivity index (χ0v) is 15.6. The second-order valence-corrected chi connectivity index (χ2v) is 7.52. The van der Waals surface area contributed by atoms with Crippen LogP contribution in [-0.2, 0) is 4.74 Å². The summed E-state index contributed by atoms with van der Waals surface area (Å²) in [5.74, 6) is 2.62. The van der Waals surface area contributed by atoms with Crippen molar-refractivity contribution in [3.63, 3.8) is 0 Å². The molecule has 6 rings (SSSR count). The molecule has 1 aliphatic heterocycles. The topological polar surface area (TPSA) is 81.6 Å². The van der Waals surface area contributed by atoms with E-state index in [0.29, 0.717) is 30.7 Å². The molecule has 0 bridgehead atoms. The van der Waals surface area contributed by atoms with Crippen LogP contribution in [0.5, 0.6) is 0 Å². The van der Waals surface area contributed by atoms with Gasteiger partial charge in [0.25, 0.3) is 5.89 Å². The third-order valence-electron chi connectivity index (χ3n) is 5.59. The van der Waals surface area contributed by atoms with E-state index in [4.69, 9.17) is 14.2 Å². The van der Waals surface area contributed by atoms with Gasteiger partial charge in [0.15, 0.2) is 17.2 Å². The normalized spacial score (nSPS) is 17.7. The van der Waals surface area contributed by atoms with E-state index in [1.807, 2.05) is 4.40 Å². The molecule has 2 fully saturated rings. The minimum absolute atomic E-state index is 0.437. The summed E-state index contributed by atoms with van der Waals surface area (Å²) in [6.45, 7) is 5.18. The molecule has 1 aromatic carbocycles. The van der Waals surface area contributed by atoms with E-state index in [1.54, 1.807) is 6.33 Å². The van der Waals surface area contributed by atoms with Gasteiger partial charge in [0, 0.05) is 24.4 Å². The molecule has 0 atom stereocenters. The number of aryl methyl sites for hydroxylation is 1. The molecule has 142 valence electrons. The minimum Gasteiger partial charge on any atom is -0.378 e. The number of morpholine rings is 1. The van der Waals surface area contributed by atoms with Crippen LogP contribution in [0.1, 0.15) is 30.1 Å². The lowest BCUT2D eigenvalue weighted by atomic mass is 10.1. The number of nitrogens with zero attached hydrogens (tertiary/aromatic N) is 6. The van der Waals surface area contributed by atoms with Gasteiger partial charge in [0.1, 0.15) is 12.1 Å². The Balaban J connectivity index is 1.59. The second kappa shape index (κ2) is 6.00. The summed E-state index contributed by atoms with van der Waals surface area (Å²) in [5, 5.41) is 5.28. The number of imidazole rings is 1. The highest BCUT2D eigenvalue weighted by Gasteiger charge is 2.30. The summed E-state index contributed by atoms with van der Waals surface area (Å²) in [5.41, 5.74) is 3.65. The largest absolute Gasteiger partial charge is 0.378 e. The SMILES string of the molecule is Cc1cccc2c1c(N1CCOCC1)nc1c(-c3nc(C4CC4)no3)ncn12. The van der Waals surface area contributed by atoms with Crippen molar-refractivity contribution in [3.05, 3.63) is 35.9 Å². The molecular weight excluding hydrogens is 356 g/mol. The third kappa shape index (κ3) is 2.41. The van der Waals surface area contributed by atoms with Gasteiger partial charge < -0.3 is 14.2 Å². The van der Waals surface area contributed by atoms with Crippen LogP contribution >= 0.6 is 0 Å². The number of benzene rings is 1. The number of rotatable bonds is 3. The van der Waals surface area contributed by atoms with Gasteiger partial charge in [-0.15, -0.1) is 0 Å². The standard InChI is InChI=1S/C20H20N6O2/c1-12-3-2-4-14-15(12)18(25-7-9-27-10-8-25)23-19-16(21-11-26(14)19)20-22-17(24-28-20)13-5-6-13/h2-4,11,13H,5-10H2,1H3. The monoisotopic (exact) mass is 376 g/mol. The number of aromatic nitrogens is 5. The Kier molecular flexibility index (Phi) is 3.43. The lowest BCUT2D eigenvalue weighted by molar-refractivity contribution is 0.122. The highest BCUT2D eigenvalue weighted by Crippen LogP contribution is 2.39. The van der Waals surface area contributed by atoms with Crippen LogP contribution in [-0.4, -0.2) is 50.8 Å². The van der Waals surface area contributed by atoms with Crippen molar-refractivity contribution in [1.29, 1.82) is 0 Å². The molecule has 0 unspecified atom stereocenters. The summed E-state index contributed by atoms with van der Waals surface area (Å²) in [4.78, 5) is 16.5. The smallest absolute Gasteiger partial charge is 0.280 e. The van der Waals surface area contributed by atoms with Crippen molar-refractivity contribution in [3.8, 4) is 11.6 Å². The molecule has 0 spiro atoms. The molecule has 8 heteroatoms. The summed E-state index contributed by atoms with van der Waals surface area (Å²) >= 11 is 0. The molecule has 1 saturated carbocycles. The van der Waals surface area contributed by atoms with Gasteiger partial charge in [-0.3, -0.25) is 4.40 Å². The van der Waals surface area contributed by atoms with Crippen LogP contribution in [0.3, 0.4) is 0 Å². The van der Waals surface area contributed by atoms with Crippen LogP contribution in [0.2, 0.25) is 0 Å². The third-order valence-corrected chi connectivity index (χ3v) is 5.59. The fourth-order valence-electron chi connectivity index (χ4n) is 3.92. The molecule has 28 heavy (non-hydrogen) atoms. The van der Waals surface area contributed by atoms with Crippen LogP contribution in [0, 0.1) is 6.92 Å². The molecule has 4 heterocycles. The van der Waals surface area contributed by atoms with Crippen molar-refractivity contribution < 1.29 is 9.26 Å². The lowest BCUT2D eigenvalue weighted by Crippen LogP contribution is -2.37. The zero-order valence-electron chi connectivity index (χ0n) is 15.6. The maximum atomic E-state index is 5.54. The summed E-state index contributed by atoms with van der Waals surface area (Å²) in [6.07, 6.45) is 4.06. The van der Waals surface area contributed by atoms with Crippen LogP contribution in [0.4, 0.5) is 5.82 Å². The van der Waals surface area contributed by atoms with E-state index < -0.39 is 0 Å². The average Bonchev–Trinajstić information content (AvgIpc) is 3.30. The van der Waals surface area contributed by atoms with E-state index in [0.717, 1.165) is 54.1 Å².